The molecule has 3 rings (SSSR count). The van der Waals surface area contributed by atoms with E-state index in [-0.39, 0.29) is 17.2 Å². The molecule has 0 radical (unpaired) electrons. The lowest BCUT2D eigenvalue weighted by Gasteiger charge is -2.00. The Balaban J connectivity index is 1.94. The number of hydrogen-bond acceptors (Lipinski definition) is 7. The van der Waals surface area contributed by atoms with Gasteiger partial charge in [0.2, 0.25) is 11.6 Å². The molecule has 0 spiro atoms. The second kappa shape index (κ2) is 5.37. The first kappa shape index (κ1) is 12.7. The van der Waals surface area contributed by atoms with Crippen LogP contribution in [0.25, 0.3) is 23.0 Å². The summed E-state index contributed by atoms with van der Waals surface area (Å²) >= 11 is 0. The number of carbonyl (C=O) groups is 1. The van der Waals surface area contributed by atoms with Gasteiger partial charge in [-0.25, -0.2) is 4.79 Å². The fourth-order valence-electron chi connectivity index (χ4n) is 1.62. The molecule has 0 saturated carbocycles. The molecule has 0 saturated heterocycles. The molecule has 0 aliphatic carbocycles. The lowest BCUT2D eigenvalue weighted by Crippen LogP contribution is -2.03. The number of carboxylic acids is 1. The Labute approximate surface area is 118 Å². The third-order valence-corrected chi connectivity index (χ3v) is 2.61. The topological polar surface area (TPSA) is 115 Å². The van der Waals surface area contributed by atoms with Crippen molar-refractivity contribution in [2.45, 2.75) is 0 Å². The molecule has 1 N–H and O–H groups in total. The van der Waals surface area contributed by atoms with Gasteiger partial charge in [-0.05, 0) is 24.3 Å². The van der Waals surface area contributed by atoms with E-state index in [1.54, 1.807) is 24.4 Å². The minimum atomic E-state index is -1.05. The largest absolute Gasteiger partial charge is 0.478 e. The van der Waals surface area contributed by atoms with Crippen molar-refractivity contribution in [2.75, 3.05) is 0 Å². The smallest absolute Gasteiger partial charge is 0.335 e. The first-order valence-electron chi connectivity index (χ1n) is 5.92. The number of pyridine rings is 2. The molecule has 0 unspecified atom stereocenters. The van der Waals surface area contributed by atoms with Crippen LogP contribution in [0.15, 0.2) is 42.7 Å². The molecule has 8 nitrogen and oxygen atoms in total. The predicted octanol–water partition coefficient (Wildman–Crippen LogP) is 1.09. The summed E-state index contributed by atoms with van der Waals surface area (Å²) < 4.78 is 0. The van der Waals surface area contributed by atoms with Crippen LogP contribution in [0.1, 0.15) is 10.4 Å². The molecule has 0 aromatic carbocycles. The van der Waals surface area contributed by atoms with E-state index in [0.717, 1.165) is 0 Å². The fraction of sp³-hybridized carbons (Fsp3) is 0. The number of aromatic nitrogens is 6. The van der Waals surface area contributed by atoms with E-state index in [9.17, 15) is 4.79 Å². The van der Waals surface area contributed by atoms with E-state index in [0.29, 0.717) is 11.4 Å². The van der Waals surface area contributed by atoms with Crippen LogP contribution < -0.4 is 0 Å². The van der Waals surface area contributed by atoms with Gasteiger partial charge in [0.15, 0.2) is 0 Å². The monoisotopic (exact) mass is 280 g/mol. The van der Waals surface area contributed by atoms with Gasteiger partial charge in [0.1, 0.15) is 11.4 Å². The summed E-state index contributed by atoms with van der Waals surface area (Å²) in [5, 5.41) is 24.6. The number of carboxylic acid groups (broad SMARTS) is 1. The van der Waals surface area contributed by atoms with Gasteiger partial charge in [0.05, 0.1) is 5.56 Å². The minimum Gasteiger partial charge on any atom is -0.478 e. The first-order chi connectivity index (χ1) is 10.2. The van der Waals surface area contributed by atoms with Gasteiger partial charge in [-0.3, -0.25) is 9.97 Å². The molecule has 0 aliphatic heterocycles. The van der Waals surface area contributed by atoms with Crippen molar-refractivity contribution < 1.29 is 9.90 Å². The van der Waals surface area contributed by atoms with Crippen LogP contribution >= 0.6 is 0 Å². The van der Waals surface area contributed by atoms with Crippen molar-refractivity contribution in [1.82, 2.24) is 30.4 Å². The van der Waals surface area contributed by atoms with Crippen molar-refractivity contribution in [1.29, 1.82) is 0 Å². The third-order valence-electron chi connectivity index (χ3n) is 2.61. The van der Waals surface area contributed by atoms with E-state index in [2.05, 4.69) is 30.4 Å². The van der Waals surface area contributed by atoms with Crippen molar-refractivity contribution in [3.8, 4) is 23.0 Å². The van der Waals surface area contributed by atoms with Crippen LogP contribution in [0.5, 0.6) is 0 Å². The number of aromatic carboxylic acids is 1. The zero-order valence-electron chi connectivity index (χ0n) is 10.6. The maximum atomic E-state index is 10.9. The third kappa shape index (κ3) is 2.68. The molecule has 102 valence electrons. The maximum Gasteiger partial charge on any atom is 0.335 e. The predicted molar refractivity (Wildman–Crippen MR) is 71.0 cm³/mol. The molecule has 3 aromatic heterocycles. The van der Waals surface area contributed by atoms with Crippen LogP contribution in [0.4, 0.5) is 0 Å². The molecule has 0 fully saturated rings. The Bertz CT molecular complexity index is 776. The second-order valence-electron chi connectivity index (χ2n) is 4.00. The molecule has 3 heterocycles. The summed E-state index contributed by atoms with van der Waals surface area (Å²) in [6.45, 7) is 0. The lowest BCUT2D eigenvalue weighted by molar-refractivity contribution is 0.0697. The highest BCUT2D eigenvalue weighted by Gasteiger charge is 2.10. The molecular weight excluding hydrogens is 272 g/mol. The molecule has 8 heteroatoms. The second-order valence-corrected chi connectivity index (χ2v) is 4.00. The number of rotatable bonds is 3. The zero-order valence-corrected chi connectivity index (χ0v) is 10.6. The van der Waals surface area contributed by atoms with E-state index in [4.69, 9.17) is 5.11 Å². The number of hydrogen-bond donors (Lipinski definition) is 1. The highest BCUT2D eigenvalue weighted by atomic mass is 16.4. The quantitative estimate of drug-likeness (QED) is 0.758. The van der Waals surface area contributed by atoms with Crippen molar-refractivity contribution in [3.05, 3.63) is 48.3 Å². The van der Waals surface area contributed by atoms with Crippen LogP contribution in [-0.2, 0) is 0 Å². The van der Waals surface area contributed by atoms with Gasteiger partial charge in [0.25, 0.3) is 0 Å². The van der Waals surface area contributed by atoms with Crippen molar-refractivity contribution in [3.63, 3.8) is 0 Å². The normalized spacial score (nSPS) is 10.3. The van der Waals surface area contributed by atoms with Crippen molar-refractivity contribution >= 4 is 5.97 Å². The first-order valence-corrected chi connectivity index (χ1v) is 5.92. The minimum absolute atomic E-state index is 0.0948. The van der Waals surface area contributed by atoms with Gasteiger partial charge in [-0.15, -0.1) is 20.4 Å². The average Bonchev–Trinajstić information content (AvgIpc) is 2.56. The van der Waals surface area contributed by atoms with Gasteiger partial charge in [-0.1, -0.05) is 6.07 Å². The van der Waals surface area contributed by atoms with E-state index < -0.39 is 5.97 Å². The number of nitrogens with zero attached hydrogens (tertiary/aromatic N) is 6. The average molecular weight is 280 g/mol. The Morgan fingerprint density at radius 1 is 0.857 bits per heavy atom. The van der Waals surface area contributed by atoms with Gasteiger partial charge in [0, 0.05) is 12.4 Å². The summed E-state index contributed by atoms with van der Waals surface area (Å²) in [6.07, 6.45) is 2.99. The molecule has 21 heavy (non-hydrogen) atoms. The zero-order chi connectivity index (χ0) is 14.7. The summed E-state index contributed by atoms with van der Waals surface area (Å²) in [4.78, 5) is 19.0. The highest BCUT2D eigenvalue weighted by Crippen LogP contribution is 2.13. The van der Waals surface area contributed by atoms with Crippen LogP contribution in [-0.4, -0.2) is 41.4 Å². The Morgan fingerprint density at radius 2 is 1.52 bits per heavy atom. The standard InChI is InChI=1S/C13H8N6O2/c20-13(21)8-4-6-15-10(7-8)12-18-16-11(17-19-12)9-3-1-2-5-14-9/h1-7H,(H,20,21). The van der Waals surface area contributed by atoms with E-state index in [1.807, 2.05) is 0 Å². The Kier molecular flexibility index (Phi) is 3.26. The van der Waals surface area contributed by atoms with Gasteiger partial charge in [-0.2, -0.15) is 0 Å². The SMILES string of the molecule is O=C(O)c1ccnc(-c2nnc(-c3ccccn3)nn2)c1. The van der Waals surface area contributed by atoms with E-state index >= 15 is 0 Å². The Morgan fingerprint density at radius 3 is 2.14 bits per heavy atom. The molecule has 0 amide bonds. The van der Waals surface area contributed by atoms with Crippen LogP contribution in [0.2, 0.25) is 0 Å². The molecule has 0 aliphatic rings. The van der Waals surface area contributed by atoms with Crippen molar-refractivity contribution in [2.24, 2.45) is 0 Å². The molecule has 0 atom stereocenters. The highest BCUT2D eigenvalue weighted by molar-refractivity contribution is 5.88. The summed E-state index contributed by atoms with van der Waals surface area (Å²) in [7, 11) is 0. The summed E-state index contributed by atoms with van der Waals surface area (Å²) in [6, 6.07) is 8.07. The lowest BCUT2D eigenvalue weighted by atomic mass is 10.2. The summed E-state index contributed by atoms with van der Waals surface area (Å²) in [5.74, 6) is -0.615. The fourth-order valence-corrected chi connectivity index (χ4v) is 1.62. The van der Waals surface area contributed by atoms with E-state index in [1.165, 1.54) is 18.3 Å². The molecular formula is C13H8N6O2. The van der Waals surface area contributed by atoms with Crippen LogP contribution in [0.3, 0.4) is 0 Å². The van der Waals surface area contributed by atoms with Crippen LogP contribution in [0, 0.1) is 0 Å². The maximum absolute atomic E-state index is 10.9. The summed E-state index contributed by atoms with van der Waals surface area (Å²) in [5.41, 5.74) is 0.941. The van der Waals surface area contributed by atoms with Gasteiger partial charge >= 0.3 is 5.97 Å². The van der Waals surface area contributed by atoms with Gasteiger partial charge < -0.3 is 5.11 Å². The Hall–Kier alpha value is -3.29. The molecule has 0 bridgehead atoms. The molecule has 3 aromatic rings.